The quantitative estimate of drug-likeness (QED) is 0.799. The van der Waals surface area contributed by atoms with Crippen molar-refractivity contribution in [2.45, 2.75) is 37.7 Å². The standard InChI is InChI=1S/C14H18O/c15-14(11-7-4-8-11)13-9-12(13)10-5-2-1-3-6-10/h1-3,5-6,11-15H,4,7-9H2. The normalized spacial score (nSPS) is 32.1. The Morgan fingerprint density at radius 3 is 2.47 bits per heavy atom. The van der Waals surface area contributed by atoms with Crippen LogP contribution in [0.3, 0.4) is 0 Å². The molecule has 0 aliphatic heterocycles. The maximum absolute atomic E-state index is 10.1. The SMILES string of the molecule is OC(C1CCC1)C1CC1c1ccccc1. The van der Waals surface area contributed by atoms with Gasteiger partial charge in [0.1, 0.15) is 0 Å². The third kappa shape index (κ3) is 1.69. The molecule has 0 amide bonds. The van der Waals surface area contributed by atoms with Crippen molar-refractivity contribution in [3.63, 3.8) is 0 Å². The first-order valence-corrected chi connectivity index (χ1v) is 6.09. The average Bonchev–Trinajstić information content (AvgIpc) is 2.96. The van der Waals surface area contributed by atoms with Gasteiger partial charge in [0.25, 0.3) is 0 Å². The Labute approximate surface area is 91.1 Å². The van der Waals surface area contributed by atoms with Crippen LogP contribution < -0.4 is 0 Å². The van der Waals surface area contributed by atoms with Crippen LogP contribution >= 0.6 is 0 Å². The molecular weight excluding hydrogens is 184 g/mol. The Morgan fingerprint density at radius 2 is 1.87 bits per heavy atom. The van der Waals surface area contributed by atoms with Gasteiger partial charge >= 0.3 is 0 Å². The van der Waals surface area contributed by atoms with Gasteiger partial charge in [-0.1, -0.05) is 36.8 Å². The van der Waals surface area contributed by atoms with Crippen molar-refractivity contribution in [3.8, 4) is 0 Å². The average molecular weight is 202 g/mol. The maximum atomic E-state index is 10.1. The van der Waals surface area contributed by atoms with E-state index in [1.807, 2.05) is 0 Å². The smallest absolute Gasteiger partial charge is 0.0602 e. The van der Waals surface area contributed by atoms with Gasteiger partial charge in [-0.2, -0.15) is 0 Å². The summed E-state index contributed by atoms with van der Waals surface area (Å²) in [6.45, 7) is 0. The number of hydrogen-bond donors (Lipinski definition) is 1. The molecule has 0 radical (unpaired) electrons. The Bertz CT molecular complexity index is 328. The van der Waals surface area contributed by atoms with Gasteiger partial charge < -0.3 is 5.11 Å². The van der Waals surface area contributed by atoms with E-state index in [2.05, 4.69) is 30.3 Å². The second kappa shape index (κ2) is 3.64. The maximum Gasteiger partial charge on any atom is 0.0602 e. The number of aliphatic hydroxyl groups is 1. The summed E-state index contributed by atoms with van der Waals surface area (Å²) in [5, 5.41) is 10.1. The molecule has 3 rings (SSSR count). The molecule has 1 N–H and O–H groups in total. The van der Waals surface area contributed by atoms with Gasteiger partial charge in [0, 0.05) is 0 Å². The van der Waals surface area contributed by atoms with E-state index in [9.17, 15) is 5.11 Å². The monoisotopic (exact) mass is 202 g/mol. The summed E-state index contributed by atoms with van der Waals surface area (Å²) >= 11 is 0. The predicted molar refractivity (Wildman–Crippen MR) is 60.6 cm³/mol. The fraction of sp³-hybridized carbons (Fsp3) is 0.571. The molecule has 15 heavy (non-hydrogen) atoms. The molecule has 2 aliphatic rings. The summed E-state index contributed by atoms with van der Waals surface area (Å²) in [5.41, 5.74) is 1.42. The van der Waals surface area contributed by atoms with Crippen LogP contribution in [0.1, 0.15) is 37.2 Å². The summed E-state index contributed by atoms with van der Waals surface area (Å²) < 4.78 is 0. The summed E-state index contributed by atoms with van der Waals surface area (Å²) in [5.74, 6) is 1.81. The van der Waals surface area contributed by atoms with Crippen molar-refractivity contribution in [1.29, 1.82) is 0 Å². The molecule has 3 unspecified atom stereocenters. The van der Waals surface area contributed by atoms with Gasteiger partial charge in [0.05, 0.1) is 6.10 Å². The molecule has 1 nitrogen and oxygen atoms in total. The van der Waals surface area contributed by atoms with Crippen molar-refractivity contribution < 1.29 is 5.11 Å². The minimum atomic E-state index is -0.0241. The number of rotatable bonds is 3. The van der Waals surface area contributed by atoms with Crippen molar-refractivity contribution >= 4 is 0 Å². The summed E-state index contributed by atoms with van der Waals surface area (Å²) in [7, 11) is 0. The van der Waals surface area contributed by atoms with Crippen LogP contribution in [0.5, 0.6) is 0 Å². The van der Waals surface area contributed by atoms with E-state index in [4.69, 9.17) is 0 Å². The van der Waals surface area contributed by atoms with Crippen molar-refractivity contribution in [2.24, 2.45) is 11.8 Å². The van der Waals surface area contributed by atoms with E-state index < -0.39 is 0 Å². The summed E-state index contributed by atoms with van der Waals surface area (Å²) in [6.07, 6.45) is 4.99. The van der Waals surface area contributed by atoms with Crippen molar-refractivity contribution in [1.82, 2.24) is 0 Å². The molecule has 2 aliphatic carbocycles. The van der Waals surface area contributed by atoms with Gasteiger partial charge in [0.15, 0.2) is 0 Å². The first-order chi connectivity index (χ1) is 7.36. The van der Waals surface area contributed by atoms with Crippen LogP contribution in [0.2, 0.25) is 0 Å². The lowest BCUT2D eigenvalue weighted by Crippen LogP contribution is -2.28. The van der Waals surface area contributed by atoms with Gasteiger partial charge in [-0.3, -0.25) is 0 Å². The first kappa shape index (κ1) is 9.41. The second-order valence-electron chi connectivity index (χ2n) is 5.10. The Balaban J connectivity index is 1.64. The van der Waals surface area contributed by atoms with Crippen LogP contribution in [0, 0.1) is 11.8 Å². The number of benzene rings is 1. The highest BCUT2D eigenvalue weighted by Crippen LogP contribution is 2.53. The molecular formula is C14H18O. The zero-order valence-corrected chi connectivity index (χ0v) is 8.97. The summed E-state index contributed by atoms with van der Waals surface area (Å²) in [4.78, 5) is 0. The zero-order chi connectivity index (χ0) is 10.3. The molecule has 1 aromatic rings. The molecule has 2 saturated carbocycles. The van der Waals surface area contributed by atoms with Crippen LogP contribution in [0.15, 0.2) is 30.3 Å². The van der Waals surface area contributed by atoms with Crippen LogP contribution in [0.4, 0.5) is 0 Å². The molecule has 2 fully saturated rings. The van der Waals surface area contributed by atoms with E-state index in [0.29, 0.717) is 17.8 Å². The molecule has 0 heterocycles. The minimum Gasteiger partial charge on any atom is -0.393 e. The Hall–Kier alpha value is -0.820. The molecule has 0 saturated heterocycles. The predicted octanol–water partition coefficient (Wildman–Crippen LogP) is 2.95. The molecule has 3 atom stereocenters. The highest BCUT2D eigenvalue weighted by Gasteiger charge is 2.46. The Kier molecular flexibility index (Phi) is 2.28. The highest BCUT2D eigenvalue weighted by molar-refractivity contribution is 5.26. The van der Waals surface area contributed by atoms with E-state index >= 15 is 0 Å². The summed E-state index contributed by atoms with van der Waals surface area (Å²) in [6, 6.07) is 10.6. The van der Waals surface area contributed by atoms with Crippen LogP contribution in [-0.4, -0.2) is 11.2 Å². The van der Waals surface area contributed by atoms with E-state index in [1.165, 1.54) is 31.2 Å². The van der Waals surface area contributed by atoms with Gasteiger partial charge in [0.2, 0.25) is 0 Å². The fourth-order valence-electron chi connectivity index (χ4n) is 2.81. The lowest BCUT2D eigenvalue weighted by atomic mass is 9.79. The molecule has 0 spiro atoms. The molecule has 0 aromatic heterocycles. The van der Waals surface area contributed by atoms with E-state index in [1.54, 1.807) is 0 Å². The topological polar surface area (TPSA) is 20.2 Å². The fourth-order valence-corrected chi connectivity index (χ4v) is 2.81. The number of hydrogen-bond acceptors (Lipinski definition) is 1. The molecule has 80 valence electrons. The van der Waals surface area contributed by atoms with Crippen molar-refractivity contribution in [2.75, 3.05) is 0 Å². The molecule has 0 bridgehead atoms. The van der Waals surface area contributed by atoms with Gasteiger partial charge in [-0.25, -0.2) is 0 Å². The molecule has 1 heteroatoms. The molecule has 1 aromatic carbocycles. The van der Waals surface area contributed by atoms with Gasteiger partial charge in [-0.05, 0) is 42.6 Å². The Morgan fingerprint density at radius 1 is 1.13 bits per heavy atom. The number of aliphatic hydroxyl groups excluding tert-OH is 1. The minimum absolute atomic E-state index is 0.0241. The van der Waals surface area contributed by atoms with E-state index in [-0.39, 0.29) is 6.10 Å². The first-order valence-electron chi connectivity index (χ1n) is 6.09. The third-order valence-corrected chi connectivity index (χ3v) is 4.14. The highest BCUT2D eigenvalue weighted by atomic mass is 16.3. The third-order valence-electron chi connectivity index (χ3n) is 4.14. The largest absolute Gasteiger partial charge is 0.393 e. The van der Waals surface area contributed by atoms with Crippen LogP contribution in [-0.2, 0) is 0 Å². The lowest BCUT2D eigenvalue weighted by molar-refractivity contribution is 0.0434. The lowest BCUT2D eigenvalue weighted by Gasteiger charge is -2.30. The van der Waals surface area contributed by atoms with Gasteiger partial charge in [-0.15, -0.1) is 0 Å². The van der Waals surface area contributed by atoms with Crippen LogP contribution in [0.25, 0.3) is 0 Å². The van der Waals surface area contributed by atoms with E-state index in [0.717, 1.165) is 0 Å². The zero-order valence-electron chi connectivity index (χ0n) is 8.97. The second-order valence-corrected chi connectivity index (χ2v) is 5.10. The van der Waals surface area contributed by atoms with Crippen molar-refractivity contribution in [3.05, 3.63) is 35.9 Å².